The Balaban J connectivity index is 2.52. The number of halogens is 1. The molecule has 0 aliphatic carbocycles. The van der Waals surface area contributed by atoms with Crippen LogP contribution < -0.4 is 5.73 Å². The van der Waals surface area contributed by atoms with Crippen LogP contribution in [0.5, 0.6) is 0 Å². The van der Waals surface area contributed by atoms with E-state index in [2.05, 4.69) is 20.9 Å². The molecule has 3 N–H and O–H groups in total. The average molecular weight is 309 g/mol. The second-order valence-corrected chi connectivity index (χ2v) is 4.58. The van der Waals surface area contributed by atoms with E-state index in [9.17, 15) is 4.79 Å². The third-order valence-electron chi connectivity index (χ3n) is 2.54. The zero-order chi connectivity index (χ0) is 13.1. The molecule has 0 atom stereocenters. The van der Waals surface area contributed by atoms with Gasteiger partial charge in [0.1, 0.15) is 0 Å². The van der Waals surface area contributed by atoms with E-state index in [1.54, 1.807) is 18.4 Å². The highest BCUT2D eigenvalue weighted by molar-refractivity contribution is 9.10. The highest BCUT2D eigenvalue weighted by Crippen LogP contribution is 2.27. The van der Waals surface area contributed by atoms with Crippen LogP contribution in [0.15, 0.2) is 28.9 Å². The maximum absolute atomic E-state index is 11.3. The van der Waals surface area contributed by atoms with Crippen molar-refractivity contribution in [2.24, 2.45) is 5.73 Å². The molecule has 0 saturated heterocycles. The first kappa shape index (κ1) is 12.7. The number of hydrogen-bond acceptors (Lipinski definition) is 2. The number of amides is 1. The summed E-state index contributed by atoms with van der Waals surface area (Å²) in [6, 6.07) is 5.44. The summed E-state index contributed by atoms with van der Waals surface area (Å²) in [5, 5.41) is 0.919. The highest BCUT2D eigenvalue weighted by Gasteiger charge is 2.11. The van der Waals surface area contributed by atoms with Crippen LogP contribution in [0, 0.1) is 0 Å². The molecule has 18 heavy (non-hydrogen) atoms. The molecule has 0 aliphatic heterocycles. The van der Waals surface area contributed by atoms with Crippen LogP contribution in [0.25, 0.3) is 17.0 Å². The summed E-state index contributed by atoms with van der Waals surface area (Å²) in [7, 11) is 0. The summed E-state index contributed by atoms with van der Waals surface area (Å²) >= 11 is 3.45. The number of nitrogens with two attached hydrogens (primary N) is 1. The quantitative estimate of drug-likeness (QED) is 0.852. The fraction of sp³-hybridized carbons (Fsp3) is 0.154. The van der Waals surface area contributed by atoms with Crippen molar-refractivity contribution in [3.63, 3.8) is 0 Å². The summed E-state index contributed by atoms with van der Waals surface area (Å²) in [6.07, 6.45) is 3.42. The summed E-state index contributed by atoms with van der Waals surface area (Å²) in [5.41, 5.74) is 7.40. The first-order valence-electron chi connectivity index (χ1n) is 5.52. The SMILES string of the molecule is CCO/C=C/c1cc2c(Br)ccc(C(N)=O)c2[nH]1. The van der Waals surface area contributed by atoms with Gasteiger partial charge in [0.25, 0.3) is 5.91 Å². The minimum Gasteiger partial charge on any atom is -0.501 e. The number of primary amides is 1. The summed E-state index contributed by atoms with van der Waals surface area (Å²) < 4.78 is 6.05. The molecule has 0 saturated carbocycles. The molecule has 0 aliphatic rings. The Hall–Kier alpha value is -1.75. The monoisotopic (exact) mass is 308 g/mol. The predicted octanol–water partition coefficient (Wildman–Crippen LogP) is 3.04. The van der Waals surface area contributed by atoms with E-state index in [1.165, 1.54) is 0 Å². The maximum atomic E-state index is 11.3. The largest absolute Gasteiger partial charge is 0.501 e. The smallest absolute Gasteiger partial charge is 0.250 e. The molecular formula is C13H13BrN2O2. The molecule has 1 aromatic carbocycles. The first-order valence-corrected chi connectivity index (χ1v) is 6.32. The van der Waals surface area contributed by atoms with Crippen LogP contribution in [-0.4, -0.2) is 17.5 Å². The van der Waals surface area contributed by atoms with Gasteiger partial charge in [0.05, 0.1) is 23.9 Å². The van der Waals surface area contributed by atoms with E-state index in [0.717, 1.165) is 21.1 Å². The van der Waals surface area contributed by atoms with E-state index >= 15 is 0 Å². The molecule has 1 heterocycles. The fourth-order valence-electron chi connectivity index (χ4n) is 1.72. The third kappa shape index (κ3) is 2.41. The molecular weight excluding hydrogens is 296 g/mol. The molecule has 4 nitrogen and oxygen atoms in total. The highest BCUT2D eigenvalue weighted by atomic mass is 79.9. The topological polar surface area (TPSA) is 68.1 Å². The van der Waals surface area contributed by atoms with Crippen LogP contribution in [0.1, 0.15) is 23.0 Å². The van der Waals surface area contributed by atoms with Crippen LogP contribution in [0.2, 0.25) is 0 Å². The molecule has 1 amide bonds. The molecule has 0 unspecified atom stereocenters. The molecule has 0 spiro atoms. The Kier molecular flexibility index (Phi) is 3.72. The van der Waals surface area contributed by atoms with Crippen molar-refractivity contribution < 1.29 is 9.53 Å². The van der Waals surface area contributed by atoms with Crippen molar-refractivity contribution in [2.75, 3.05) is 6.61 Å². The number of aromatic nitrogens is 1. The maximum Gasteiger partial charge on any atom is 0.250 e. The van der Waals surface area contributed by atoms with Crippen LogP contribution in [0.3, 0.4) is 0 Å². The number of H-pyrrole nitrogens is 1. The Labute approximate surface area is 113 Å². The van der Waals surface area contributed by atoms with Gasteiger partial charge in [-0.15, -0.1) is 0 Å². The molecule has 94 valence electrons. The molecule has 0 bridgehead atoms. The van der Waals surface area contributed by atoms with E-state index in [4.69, 9.17) is 10.5 Å². The van der Waals surface area contributed by atoms with Crippen molar-refractivity contribution in [3.8, 4) is 0 Å². The zero-order valence-corrected chi connectivity index (χ0v) is 11.5. The normalized spacial score (nSPS) is 11.2. The van der Waals surface area contributed by atoms with E-state index < -0.39 is 5.91 Å². The lowest BCUT2D eigenvalue weighted by molar-refractivity contribution is 0.100. The van der Waals surface area contributed by atoms with Gasteiger partial charge >= 0.3 is 0 Å². The zero-order valence-electron chi connectivity index (χ0n) is 9.87. The number of rotatable bonds is 4. The second kappa shape index (κ2) is 5.27. The lowest BCUT2D eigenvalue weighted by Crippen LogP contribution is -2.11. The van der Waals surface area contributed by atoms with Gasteiger partial charge in [-0.05, 0) is 31.2 Å². The van der Waals surface area contributed by atoms with Crippen molar-refractivity contribution in [1.29, 1.82) is 0 Å². The summed E-state index contributed by atoms with van der Waals surface area (Å²) in [6.45, 7) is 2.53. The number of ether oxygens (including phenoxy) is 1. The van der Waals surface area contributed by atoms with E-state index in [1.807, 2.05) is 19.1 Å². The summed E-state index contributed by atoms with van der Waals surface area (Å²) in [4.78, 5) is 14.5. The van der Waals surface area contributed by atoms with Gasteiger partial charge in [-0.25, -0.2) is 0 Å². The standard InChI is InChI=1S/C13H13BrN2O2/c1-2-18-6-5-8-7-10-11(14)4-3-9(13(15)17)12(10)16-8/h3-7,16H,2H2,1H3,(H2,15,17)/b6-5+. The van der Waals surface area contributed by atoms with Gasteiger partial charge in [-0.3, -0.25) is 4.79 Å². The number of carbonyl (C=O) groups excluding carboxylic acids is 1. The Morgan fingerprint density at radius 3 is 3.00 bits per heavy atom. The lowest BCUT2D eigenvalue weighted by Gasteiger charge is -1.99. The third-order valence-corrected chi connectivity index (χ3v) is 3.23. The van der Waals surface area contributed by atoms with Crippen LogP contribution in [-0.2, 0) is 4.74 Å². The fourth-order valence-corrected chi connectivity index (χ4v) is 2.16. The number of hydrogen-bond donors (Lipinski definition) is 2. The van der Waals surface area contributed by atoms with Crippen molar-refractivity contribution in [3.05, 3.63) is 40.2 Å². The number of nitrogens with one attached hydrogen (secondary N) is 1. The molecule has 0 fully saturated rings. The molecule has 2 rings (SSSR count). The second-order valence-electron chi connectivity index (χ2n) is 3.73. The molecule has 2 aromatic rings. The van der Waals surface area contributed by atoms with Gasteiger partial charge in [0, 0.05) is 15.6 Å². The Morgan fingerprint density at radius 2 is 2.33 bits per heavy atom. The number of benzene rings is 1. The number of carbonyl (C=O) groups is 1. The van der Waals surface area contributed by atoms with Gasteiger partial charge < -0.3 is 15.5 Å². The lowest BCUT2D eigenvalue weighted by atomic mass is 10.1. The van der Waals surface area contributed by atoms with Gasteiger partial charge in [0.15, 0.2) is 0 Å². The molecule has 1 aromatic heterocycles. The number of aromatic amines is 1. The molecule has 0 radical (unpaired) electrons. The Bertz CT molecular complexity index is 617. The Morgan fingerprint density at radius 1 is 1.56 bits per heavy atom. The van der Waals surface area contributed by atoms with Gasteiger partial charge in [-0.1, -0.05) is 15.9 Å². The minimum absolute atomic E-state index is 0.449. The predicted molar refractivity (Wildman–Crippen MR) is 75.2 cm³/mol. The van der Waals surface area contributed by atoms with Gasteiger partial charge in [-0.2, -0.15) is 0 Å². The van der Waals surface area contributed by atoms with E-state index in [-0.39, 0.29) is 0 Å². The van der Waals surface area contributed by atoms with Crippen molar-refractivity contribution in [1.82, 2.24) is 4.98 Å². The van der Waals surface area contributed by atoms with Crippen molar-refractivity contribution >= 4 is 38.8 Å². The number of fused-ring (bicyclic) bond motifs is 1. The first-order chi connectivity index (χ1) is 8.63. The average Bonchev–Trinajstić information content (AvgIpc) is 2.74. The van der Waals surface area contributed by atoms with Crippen molar-refractivity contribution in [2.45, 2.75) is 6.92 Å². The van der Waals surface area contributed by atoms with Crippen LogP contribution in [0.4, 0.5) is 0 Å². The van der Waals surface area contributed by atoms with Crippen LogP contribution >= 0.6 is 15.9 Å². The van der Waals surface area contributed by atoms with E-state index in [0.29, 0.717) is 12.2 Å². The molecule has 5 heteroatoms. The minimum atomic E-state index is -0.449. The van der Waals surface area contributed by atoms with Gasteiger partial charge in [0.2, 0.25) is 0 Å². The summed E-state index contributed by atoms with van der Waals surface area (Å²) in [5.74, 6) is -0.449.